The van der Waals surface area contributed by atoms with E-state index in [-0.39, 0.29) is 11.7 Å². The van der Waals surface area contributed by atoms with Gasteiger partial charge in [0.05, 0.1) is 13.0 Å². The van der Waals surface area contributed by atoms with E-state index in [0.717, 1.165) is 5.56 Å². The van der Waals surface area contributed by atoms with Crippen molar-refractivity contribution in [2.45, 2.75) is 19.3 Å². The molecule has 2 unspecified atom stereocenters. The molecule has 1 saturated carbocycles. The Labute approximate surface area is 92.9 Å². The minimum atomic E-state index is -0.868. The van der Waals surface area contributed by atoms with Crippen LogP contribution < -0.4 is 4.74 Å². The van der Waals surface area contributed by atoms with E-state index in [1.54, 1.807) is 13.0 Å². The zero-order valence-corrected chi connectivity index (χ0v) is 9.16. The molecule has 2 rings (SSSR count). The molecular formula is C12H13FO3. The van der Waals surface area contributed by atoms with Gasteiger partial charge in [0.25, 0.3) is 0 Å². The molecule has 2 atom stereocenters. The smallest absolute Gasteiger partial charge is 0.307 e. The van der Waals surface area contributed by atoms with E-state index in [1.807, 2.05) is 0 Å². The van der Waals surface area contributed by atoms with E-state index >= 15 is 0 Å². The lowest BCUT2D eigenvalue weighted by atomic mass is 10.0. The SMILES string of the molecule is COc1cc(C)cc(F)c1C1CC1C(=O)O. The Hall–Kier alpha value is -1.58. The van der Waals surface area contributed by atoms with Gasteiger partial charge in [0, 0.05) is 11.5 Å². The maximum atomic E-state index is 13.8. The molecule has 1 fully saturated rings. The minimum Gasteiger partial charge on any atom is -0.496 e. The first-order valence-electron chi connectivity index (χ1n) is 5.11. The van der Waals surface area contributed by atoms with Crippen LogP contribution in [0.1, 0.15) is 23.5 Å². The van der Waals surface area contributed by atoms with E-state index in [9.17, 15) is 9.18 Å². The fraction of sp³-hybridized carbons (Fsp3) is 0.417. The molecule has 1 N–H and O–H groups in total. The summed E-state index contributed by atoms with van der Waals surface area (Å²) in [7, 11) is 1.47. The van der Waals surface area contributed by atoms with Gasteiger partial charge < -0.3 is 9.84 Å². The lowest BCUT2D eigenvalue weighted by molar-refractivity contribution is -0.138. The summed E-state index contributed by atoms with van der Waals surface area (Å²) >= 11 is 0. The number of methoxy groups -OCH3 is 1. The topological polar surface area (TPSA) is 46.5 Å². The molecule has 0 saturated heterocycles. The second-order valence-corrected chi connectivity index (χ2v) is 4.15. The van der Waals surface area contributed by atoms with Gasteiger partial charge in [-0.3, -0.25) is 4.79 Å². The number of hydrogen-bond donors (Lipinski definition) is 1. The fourth-order valence-electron chi connectivity index (χ4n) is 2.04. The van der Waals surface area contributed by atoms with Gasteiger partial charge in [-0.15, -0.1) is 0 Å². The predicted octanol–water partition coefficient (Wildman–Crippen LogP) is 2.33. The molecule has 0 aliphatic heterocycles. The van der Waals surface area contributed by atoms with Crippen molar-refractivity contribution in [1.29, 1.82) is 0 Å². The Morgan fingerprint density at radius 1 is 1.56 bits per heavy atom. The van der Waals surface area contributed by atoms with Crippen molar-refractivity contribution in [1.82, 2.24) is 0 Å². The van der Waals surface area contributed by atoms with Crippen molar-refractivity contribution in [2.24, 2.45) is 5.92 Å². The summed E-state index contributed by atoms with van der Waals surface area (Å²) in [5, 5.41) is 8.83. The Balaban J connectivity index is 2.38. The lowest BCUT2D eigenvalue weighted by Crippen LogP contribution is -2.02. The highest BCUT2D eigenvalue weighted by molar-refractivity contribution is 5.75. The first-order valence-corrected chi connectivity index (χ1v) is 5.11. The molecule has 4 heteroatoms. The zero-order chi connectivity index (χ0) is 11.9. The van der Waals surface area contributed by atoms with Crippen LogP contribution in [0.3, 0.4) is 0 Å². The highest BCUT2D eigenvalue weighted by Gasteiger charge is 2.47. The number of carbonyl (C=O) groups is 1. The molecule has 0 bridgehead atoms. The number of carboxylic acids is 1. The third kappa shape index (κ3) is 1.75. The number of ether oxygens (including phenoxy) is 1. The van der Waals surface area contributed by atoms with Crippen molar-refractivity contribution in [3.8, 4) is 5.75 Å². The van der Waals surface area contributed by atoms with Gasteiger partial charge in [-0.1, -0.05) is 0 Å². The molecule has 0 spiro atoms. The first kappa shape index (κ1) is 10.9. The number of benzene rings is 1. The van der Waals surface area contributed by atoms with Crippen LogP contribution >= 0.6 is 0 Å². The summed E-state index contributed by atoms with van der Waals surface area (Å²) in [5.74, 6) is -1.50. The maximum Gasteiger partial charge on any atom is 0.307 e. The highest BCUT2D eigenvalue weighted by atomic mass is 19.1. The molecule has 3 nitrogen and oxygen atoms in total. The van der Waals surface area contributed by atoms with Crippen molar-refractivity contribution in [3.63, 3.8) is 0 Å². The molecular weight excluding hydrogens is 211 g/mol. The Kier molecular flexibility index (Phi) is 2.58. The number of halogens is 1. The molecule has 1 aliphatic rings. The van der Waals surface area contributed by atoms with Crippen molar-refractivity contribution in [3.05, 3.63) is 29.1 Å². The monoisotopic (exact) mass is 224 g/mol. The average molecular weight is 224 g/mol. The molecule has 0 amide bonds. The van der Waals surface area contributed by atoms with Gasteiger partial charge in [0.1, 0.15) is 11.6 Å². The van der Waals surface area contributed by atoms with Crippen LogP contribution in [0.2, 0.25) is 0 Å². The van der Waals surface area contributed by atoms with Crippen LogP contribution in [-0.4, -0.2) is 18.2 Å². The molecule has 0 heterocycles. The Morgan fingerprint density at radius 3 is 2.75 bits per heavy atom. The molecule has 0 aromatic heterocycles. The van der Waals surface area contributed by atoms with Crippen molar-refractivity contribution >= 4 is 5.97 Å². The van der Waals surface area contributed by atoms with E-state index in [0.29, 0.717) is 17.7 Å². The summed E-state index contributed by atoms with van der Waals surface area (Å²) in [6, 6.07) is 3.14. The standard InChI is InChI=1S/C12H13FO3/c1-6-3-9(13)11(10(4-6)16-2)7-5-8(7)12(14)15/h3-4,7-8H,5H2,1-2H3,(H,14,15). The van der Waals surface area contributed by atoms with Crippen LogP contribution in [0.25, 0.3) is 0 Å². The maximum absolute atomic E-state index is 13.8. The predicted molar refractivity (Wildman–Crippen MR) is 56.2 cm³/mol. The summed E-state index contributed by atoms with van der Waals surface area (Å²) < 4.78 is 18.9. The van der Waals surface area contributed by atoms with Crippen molar-refractivity contribution < 1.29 is 19.0 Å². The number of aryl methyl sites for hydroxylation is 1. The van der Waals surface area contributed by atoms with E-state index < -0.39 is 11.9 Å². The van der Waals surface area contributed by atoms with Crippen LogP contribution in [0.5, 0.6) is 5.75 Å². The Morgan fingerprint density at radius 2 is 2.25 bits per heavy atom. The van der Waals surface area contributed by atoms with Gasteiger partial charge in [-0.25, -0.2) is 4.39 Å². The molecule has 16 heavy (non-hydrogen) atoms. The van der Waals surface area contributed by atoms with Crippen molar-refractivity contribution in [2.75, 3.05) is 7.11 Å². The van der Waals surface area contributed by atoms with Crippen LogP contribution in [0.15, 0.2) is 12.1 Å². The second kappa shape index (κ2) is 3.77. The number of rotatable bonds is 3. The van der Waals surface area contributed by atoms with Gasteiger partial charge in [0.2, 0.25) is 0 Å². The fourth-order valence-corrected chi connectivity index (χ4v) is 2.04. The summed E-state index contributed by atoms with van der Waals surface area (Å²) in [4.78, 5) is 10.8. The van der Waals surface area contributed by atoms with E-state index in [2.05, 4.69) is 0 Å². The summed E-state index contributed by atoms with van der Waals surface area (Å²) in [6.45, 7) is 1.77. The number of aliphatic carboxylic acids is 1. The third-order valence-corrected chi connectivity index (χ3v) is 2.93. The molecule has 0 radical (unpaired) electrons. The number of hydrogen-bond acceptors (Lipinski definition) is 2. The zero-order valence-electron chi connectivity index (χ0n) is 9.16. The quantitative estimate of drug-likeness (QED) is 0.857. The molecule has 86 valence electrons. The van der Waals surface area contributed by atoms with Crippen LogP contribution in [0, 0.1) is 18.7 Å². The first-order chi connectivity index (χ1) is 7.54. The molecule has 1 aliphatic carbocycles. The van der Waals surface area contributed by atoms with E-state index in [4.69, 9.17) is 9.84 Å². The van der Waals surface area contributed by atoms with Crippen LogP contribution in [-0.2, 0) is 4.79 Å². The minimum absolute atomic E-state index is 0.243. The second-order valence-electron chi connectivity index (χ2n) is 4.15. The lowest BCUT2D eigenvalue weighted by Gasteiger charge is -2.10. The Bertz CT molecular complexity index is 442. The normalized spacial score (nSPS) is 22.9. The molecule has 1 aromatic carbocycles. The largest absolute Gasteiger partial charge is 0.496 e. The van der Waals surface area contributed by atoms with Gasteiger partial charge in [-0.2, -0.15) is 0 Å². The average Bonchev–Trinajstić information content (AvgIpc) is 2.96. The van der Waals surface area contributed by atoms with E-state index in [1.165, 1.54) is 13.2 Å². The highest BCUT2D eigenvalue weighted by Crippen LogP contribution is 2.51. The third-order valence-electron chi connectivity index (χ3n) is 2.93. The van der Waals surface area contributed by atoms with Gasteiger partial charge >= 0.3 is 5.97 Å². The summed E-state index contributed by atoms with van der Waals surface area (Å²) in [6.07, 6.45) is 0.492. The molecule has 1 aromatic rings. The summed E-state index contributed by atoms with van der Waals surface area (Å²) in [5.41, 5.74) is 1.17. The van der Waals surface area contributed by atoms with Crippen LogP contribution in [0.4, 0.5) is 4.39 Å². The number of carboxylic acid groups (broad SMARTS) is 1. The van der Waals surface area contributed by atoms with Gasteiger partial charge in [-0.05, 0) is 31.0 Å². The van der Waals surface area contributed by atoms with Gasteiger partial charge in [0.15, 0.2) is 0 Å².